The van der Waals surface area contributed by atoms with Crippen LogP contribution in [0.5, 0.6) is 0 Å². The first kappa shape index (κ1) is 7.79. The fourth-order valence-electron chi connectivity index (χ4n) is 0.879. The minimum absolute atomic E-state index is 0.764. The van der Waals surface area contributed by atoms with E-state index in [0.717, 1.165) is 16.9 Å². The Bertz CT molecular complexity index is 284. The van der Waals surface area contributed by atoms with E-state index in [1.54, 1.807) is 6.26 Å². The topological polar surface area (TPSA) is 37.0 Å². The number of aryl methyl sites for hydroxylation is 1. The molecule has 0 spiro atoms. The van der Waals surface area contributed by atoms with Gasteiger partial charge in [0.2, 0.25) is 0 Å². The van der Waals surface area contributed by atoms with Crippen molar-refractivity contribution in [3.8, 4) is 0 Å². The summed E-state index contributed by atoms with van der Waals surface area (Å²) in [6.07, 6.45) is 4.83. The molecule has 1 rings (SSSR count). The maximum absolute atomic E-state index is 7.05. The van der Waals surface area contributed by atoms with Crippen molar-refractivity contribution in [1.29, 1.82) is 5.41 Å². The Morgan fingerprint density at radius 2 is 2.36 bits per heavy atom. The molecule has 0 aliphatic carbocycles. The van der Waals surface area contributed by atoms with Crippen LogP contribution < -0.4 is 0 Å². The standard InChI is InChI=1S/C9H11NO/c1-3-8(5-10)9-4-7(2)6-11-9/h3-6,10H,1-2H3/b8-3+,10-5?. The van der Waals surface area contributed by atoms with Gasteiger partial charge in [0.05, 0.1) is 6.26 Å². The Hall–Kier alpha value is -1.31. The molecule has 1 aromatic heterocycles. The predicted octanol–water partition coefficient (Wildman–Crippen LogP) is 2.64. The lowest BCUT2D eigenvalue weighted by molar-refractivity contribution is 0.553. The average molecular weight is 149 g/mol. The van der Waals surface area contributed by atoms with Gasteiger partial charge in [0.25, 0.3) is 0 Å². The van der Waals surface area contributed by atoms with Crippen LogP contribution in [0.2, 0.25) is 0 Å². The van der Waals surface area contributed by atoms with Gasteiger partial charge in [-0.15, -0.1) is 0 Å². The predicted molar refractivity (Wildman–Crippen MR) is 45.9 cm³/mol. The lowest BCUT2D eigenvalue weighted by Gasteiger charge is -1.91. The average Bonchev–Trinajstić information content (AvgIpc) is 2.39. The second-order valence-electron chi connectivity index (χ2n) is 2.38. The van der Waals surface area contributed by atoms with E-state index in [4.69, 9.17) is 9.83 Å². The second-order valence-corrected chi connectivity index (χ2v) is 2.38. The van der Waals surface area contributed by atoms with Gasteiger partial charge < -0.3 is 9.83 Å². The zero-order valence-corrected chi connectivity index (χ0v) is 6.72. The van der Waals surface area contributed by atoms with Gasteiger partial charge in [0.1, 0.15) is 5.76 Å². The number of nitrogens with one attached hydrogen (secondary N) is 1. The number of furan rings is 1. The fraction of sp³-hybridized carbons (Fsp3) is 0.222. The molecule has 0 aliphatic heterocycles. The van der Waals surface area contributed by atoms with E-state index in [2.05, 4.69) is 0 Å². The molecule has 1 N–H and O–H groups in total. The van der Waals surface area contributed by atoms with Gasteiger partial charge in [-0.1, -0.05) is 6.08 Å². The molecular weight excluding hydrogens is 138 g/mol. The van der Waals surface area contributed by atoms with Gasteiger partial charge in [-0.2, -0.15) is 0 Å². The highest BCUT2D eigenvalue weighted by atomic mass is 16.3. The molecule has 0 unspecified atom stereocenters. The largest absolute Gasteiger partial charge is 0.464 e. The molecule has 0 saturated heterocycles. The van der Waals surface area contributed by atoms with E-state index >= 15 is 0 Å². The van der Waals surface area contributed by atoms with Crippen LogP contribution in [0.3, 0.4) is 0 Å². The monoisotopic (exact) mass is 149 g/mol. The summed E-state index contributed by atoms with van der Waals surface area (Å²) in [6, 6.07) is 1.92. The van der Waals surface area contributed by atoms with Crippen molar-refractivity contribution in [3.05, 3.63) is 29.7 Å². The molecule has 2 heteroatoms. The van der Waals surface area contributed by atoms with Gasteiger partial charge in [-0.3, -0.25) is 0 Å². The highest BCUT2D eigenvalue weighted by Gasteiger charge is 2.00. The molecule has 0 aromatic carbocycles. The van der Waals surface area contributed by atoms with Crippen LogP contribution in [-0.2, 0) is 0 Å². The van der Waals surface area contributed by atoms with E-state index in [9.17, 15) is 0 Å². The minimum atomic E-state index is 0.764. The zero-order valence-electron chi connectivity index (χ0n) is 6.72. The van der Waals surface area contributed by atoms with Crippen molar-refractivity contribution in [3.63, 3.8) is 0 Å². The molecule has 0 bridgehead atoms. The first-order chi connectivity index (χ1) is 5.27. The number of rotatable bonds is 2. The van der Waals surface area contributed by atoms with Gasteiger partial charge in [0, 0.05) is 11.8 Å². The molecule has 58 valence electrons. The SMILES string of the molecule is C/C=C(\C=N)c1cc(C)co1. The number of hydrogen-bond donors (Lipinski definition) is 1. The third-order valence-electron chi connectivity index (χ3n) is 1.48. The van der Waals surface area contributed by atoms with Gasteiger partial charge in [-0.05, 0) is 25.5 Å². The van der Waals surface area contributed by atoms with Crippen LogP contribution in [0, 0.1) is 12.3 Å². The smallest absolute Gasteiger partial charge is 0.135 e. The molecule has 0 saturated carbocycles. The molecule has 0 fully saturated rings. The number of hydrogen-bond acceptors (Lipinski definition) is 2. The third kappa shape index (κ3) is 1.58. The van der Waals surface area contributed by atoms with E-state index < -0.39 is 0 Å². The van der Waals surface area contributed by atoms with Crippen molar-refractivity contribution in [1.82, 2.24) is 0 Å². The van der Waals surface area contributed by atoms with Crippen molar-refractivity contribution in [2.45, 2.75) is 13.8 Å². The van der Waals surface area contributed by atoms with Crippen LogP contribution in [0.15, 0.2) is 22.8 Å². The zero-order chi connectivity index (χ0) is 8.27. The van der Waals surface area contributed by atoms with E-state index in [1.807, 2.05) is 26.0 Å². The molecule has 0 aliphatic rings. The van der Waals surface area contributed by atoms with Crippen LogP contribution in [0.4, 0.5) is 0 Å². The van der Waals surface area contributed by atoms with Gasteiger partial charge >= 0.3 is 0 Å². The summed E-state index contributed by atoms with van der Waals surface area (Å²) in [6.45, 7) is 3.85. The van der Waals surface area contributed by atoms with E-state index in [1.165, 1.54) is 6.21 Å². The molecular formula is C9H11NO. The van der Waals surface area contributed by atoms with Crippen molar-refractivity contribution in [2.75, 3.05) is 0 Å². The first-order valence-corrected chi connectivity index (χ1v) is 3.50. The highest BCUT2D eigenvalue weighted by molar-refractivity contribution is 6.06. The Labute approximate surface area is 66.0 Å². The van der Waals surface area contributed by atoms with Crippen LogP contribution in [0.25, 0.3) is 5.57 Å². The maximum atomic E-state index is 7.05. The third-order valence-corrected chi connectivity index (χ3v) is 1.48. The van der Waals surface area contributed by atoms with Crippen LogP contribution in [0.1, 0.15) is 18.2 Å². The van der Waals surface area contributed by atoms with Crippen molar-refractivity contribution >= 4 is 11.8 Å². The van der Waals surface area contributed by atoms with Gasteiger partial charge in [-0.25, -0.2) is 0 Å². The molecule has 11 heavy (non-hydrogen) atoms. The molecule has 1 aromatic rings. The van der Waals surface area contributed by atoms with Crippen LogP contribution in [-0.4, -0.2) is 6.21 Å². The minimum Gasteiger partial charge on any atom is -0.464 e. The maximum Gasteiger partial charge on any atom is 0.135 e. The van der Waals surface area contributed by atoms with E-state index in [0.29, 0.717) is 0 Å². The lowest BCUT2D eigenvalue weighted by atomic mass is 10.2. The molecule has 1 heterocycles. The highest BCUT2D eigenvalue weighted by Crippen LogP contribution is 2.14. The molecule has 0 amide bonds. The summed E-state index contributed by atoms with van der Waals surface area (Å²) < 4.78 is 5.19. The normalized spacial score (nSPS) is 11.6. The van der Waals surface area contributed by atoms with Crippen LogP contribution >= 0.6 is 0 Å². The van der Waals surface area contributed by atoms with E-state index in [-0.39, 0.29) is 0 Å². The Morgan fingerprint density at radius 1 is 1.64 bits per heavy atom. The first-order valence-electron chi connectivity index (χ1n) is 3.50. The Morgan fingerprint density at radius 3 is 2.73 bits per heavy atom. The van der Waals surface area contributed by atoms with Crippen molar-refractivity contribution in [2.24, 2.45) is 0 Å². The Balaban J connectivity index is 3.00. The summed E-state index contributed by atoms with van der Waals surface area (Å²) in [4.78, 5) is 0. The quantitative estimate of drug-likeness (QED) is 0.645. The molecule has 2 nitrogen and oxygen atoms in total. The number of allylic oxidation sites excluding steroid dienone is 2. The Kier molecular flexibility index (Phi) is 2.26. The molecule has 0 radical (unpaired) electrons. The lowest BCUT2D eigenvalue weighted by Crippen LogP contribution is -1.79. The molecule has 0 atom stereocenters. The van der Waals surface area contributed by atoms with Crippen molar-refractivity contribution < 1.29 is 4.42 Å². The van der Waals surface area contributed by atoms with Gasteiger partial charge in [0.15, 0.2) is 0 Å². The summed E-state index contributed by atoms with van der Waals surface area (Å²) in [7, 11) is 0. The second kappa shape index (κ2) is 3.19. The summed E-state index contributed by atoms with van der Waals surface area (Å²) in [5.74, 6) is 0.764. The summed E-state index contributed by atoms with van der Waals surface area (Å²) >= 11 is 0. The fourth-order valence-corrected chi connectivity index (χ4v) is 0.879. The summed E-state index contributed by atoms with van der Waals surface area (Å²) in [5, 5.41) is 7.05. The summed E-state index contributed by atoms with van der Waals surface area (Å²) in [5.41, 5.74) is 1.90.